The summed E-state index contributed by atoms with van der Waals surface area (Å²) in [7, 11) is 1.58. The van der Waals surface area contributed by atoms with E-state index in [1.165, 1.54) is 25.7 Å². The van der Waals surface area contributed by atoms with Crippen LogP contribution in [0.15, 0.2) is 60.7 Å². The van der Waals surface area contributed by atoms with E-state index in [0.29, 0.717) is 27.6 Å². The summed E-state index contributed by atoms with van der Waals surface area (Å²) in [4.78, 5) is 61.1. The number of ether oxygens (including phenoxy) is 3. The van der Waals surface area contributed by atoms with Crippen LogP contribution in [0.1, 0.15) is 48.5 Å². The summed E-state index contributed by atoms with van der Waals surface area (Å²) < 4.78 is 16.9. The monoisotopic (exact) mass is 960 g/mol. The van der Waals surface area contributed by atoms with E-state index in [1.807, 2.05) is 98.1 Å². The van der Waals surface area contributed by atoms with Crippen molar-refractivity contribution in [2.75, 3.05) is 23.3 Å². The minimum absolute atomic E-state index is 0.0777. The molecule has 1 unspecified atom stereocenters. The SMILES string of the molecule is CC(=O)Nc1c(I)c(C(=O)OC(OC(C)=O)c2ccccc2)c(I)c(N(C)C(C)=O)c1I.O=C(Cc1ccccc1)OCCl. The molecule has 2 amide bonds. The summed E-state index contributed by atoms with van der Waals surface area (Å²) in [6.45, 7) is 3.96. The number of benzene rings is 3. The van der Waals surface area contributed by atoms with Gasteiger partial charge < -0.3 is 24.4 Å². The molecule has 0 saturated carbocycles. The molecule has 3 aromatic rings. The Balaban J connectivity index is 0.000000469. The van der Waals surface area contributed by atoms with E-state index in [9.17, 15) is 24.0 Å². The first-order chi connectivity index (χ1) is 20.8. The summed E-state index contributed by atoms with van der Waals surface area (Å²) in [5.74, 6) is -2.27. The largest absolute Gasteiger partial charge is 0.449 e. The minimum Gasteiger partial charge on any atom is -0.449 e. The fourth-order valence-corrected chi connectivity index (χ4v) is 8.24. The molecule has 0 saturated heterocycles. The number of hydrogen-bond acceptors (Lipinski definition) is 8. The average molecular weight is 961 g/mol. The van der Waals surface area contributed by atoms with E-state index in [-0.39, 0.29) is 35.8 Å². The van der Waals surface area contributed by atoms with Gasteiger partial charge in [0.25, 0.3) is 6.29 Å². The van der Waals surface area contributed by atoms with Crippen molar-refractivity contribution >= 4 is 120 Å². The summed E-state index contributed by atoms with van der Waals surface area (Å²) in [6, 6.07) is 17.9. The van der Waals surface area contributed by atoms with Crippen LogP contribution in [0.3, 0.4) is 0 Å². The molecule has 234 valence electrons. The highest BCUT2D eigenvalue weighted by molar-refractivity contribution is 14.1. The predicted octanol–water partition coefficient (Wildman–Crippen LogP) is 6.83. The van der Waals surface area contributed by atoms with Gasteiger partial charge in [-0.15, -0.1) is 0 Å². The molecule has 44 heavy (non-hydrogen) atoms. The van der Waals surface area contributed by atoms with Crippen molar-refractivity contribution in [1.82, 2.24) is 0 Å². The Bertz CT molecular complexity index is 1510. The lowest BCUT2D eigenvalue weighted by atomic mass is 10.1. The van der Waals surface area contributed by atoms with Crippen molar-refractivity contribution < 1.29 is 38.2 Å². The lowest BCUT2D eigenvalue weighted by Gasteiger charge is -2.25. The Morgan fingerprint density at radius 1 is 0.841 bits per heavy atom. The molecule has 1 atom stereocenters. The predicted molar refractivity (Wildman–Crippen MR) is 191 cm³/mol. The van der Waals surface area contributed by atoms with E-state index in [4.69, 9.17) is 21.1 Å². The number of carbonyl (C=O) groups is 5. The van der Waals surface area contributed by atoms with Gasteiger partial charge in [-0.2, -0.15) is 0 Å². The number of esters is 3. The number of nitrogens with one attached hydrogen (secondary N) is 1. The molecule has 1 N–H and O–H groups in total. The Labute approximate surface area is 300 Å². The highest BCUT2D eigenvalue weighted by Crippen LogP contribution is 2.41. The Hall–Kier alpha value is -2.51. The molecule has 0 aromatic heterocycles. The molecule has 0 aliphatic rings. The van der Waals surface area contributed by atoms with Crippen LogP contribution in [0.2, 0.25) is 0 Å². The van der Waals surface area contributed by atoms with Crippen LogP contribution in [0.25, 0.3) is 0 Å². The number of amides is 2. The van der Waals surface area contributed by atoms with Gasteiger partial charge in [0, 0.05) is 33.4 Å². The highest BCUT2D eigenvalue weighted by atomic mass is 127. The maximum absolute atomic E-state index is 13.3. The van der Waals surface area contributed by atoms with Gasteiger partial charge in [0.1, 0.15) is 0 Å². The van der Waals surface area contributed by atoms with Gasteiger partial charge >= 0.3 is 17.9 Å². The molecular formula is C30H28ClI3N2O8. The molecule has 0 aliphatic carbocycles. The van der Waals surface area contributed by atoms with Gasteiger partial charge in [0.2, 0.25) is 11.8 Å². The van der Waals surface area contributed by atoms with Crippen LogP contribution in [-0.2, 0) is 39.8 Å². The zero-order chi connectivity index (χ0) is 33.0. The second-order valence-electron chi connectivity index (χ2n) is 8.84. The summed E-state index contributed by atoms with van der Waals surface area (Å²) in [6.07, 6.45) is -0.974. The molecular weight excluding hydrogens is 933 g/mol. The van der Waals surface area contributed by atoms with E-state index in [2.05, 4.69) is 10.1 Å². The third-order valence-corrected chi connectivity index (χ3v) is 8.86. The number of alkyl halides is 1. The molecule has 14 heteroatoms. The Morgan fingerprint density at radius 2 is 1.41 bits per heavy atom. The van der Waals surface area contributed by atoms with Gasteiger partial charge in [-0.25, -0.2) is 4.79 Å². The lowest BCUT2D eigenvalue weighted by Crippen LogP contribution is -2.27. The third kappa shape index (κ3) is 11.1. The molecule has 10 nitrogen and oxygen atoms in total. The zero-order valence-electron chi connectivity index (χ0n) is 24.0. The molecule has 0 bridgehead atoms. The first kappa shape index (κ1) is 37.7. The van der Waals surface area contributed by atoms with Gasteiger partial charge in [-0.3, -0.25) is 19.2 Å². The molecule has 3 aromatic carbocycles. The van der Waals surface area contributed by atoms with E-state index < -0.39 is 18.2 Å². The van der Waals surface area contributed by atoms with Crippen LogP contribution in [0.4, 0.5) is 11.4 Å². The number of nitrogens with zero attached hydrogens (tertiary/aromatic N) is 1. The average Bonchev–Trinajstić information content (AvgIpc) is 2.96. The topological polar surface area (TPSA) is 128 Å². The molecule has 0 spiro atoms. The molecule has 0 fully saturated rings. The second-order valence-corrected chi connectivity index (χ2v) is 12.3. The van der Waals surface area contributed by atoms with Crippen LogP contribution < -0.4 is 10.2 Å². The highest BCUT2D eigenvalue weighted by Gasteiger charge is 2.31. The molecule has 0 aliphatic heterocycles. The number of anilines is 2. The molecule has 3 rings (SSSR count). The fraction of sp³-hybridized carbons (Fsp3) is 0.233. The third-order valence-electron chi connectivity index (χ3n) is 5.57. The Morgan fingerprint density at radius 3 is 1.91 bits per heavy atom. The standard InChI is InChI=1S/C21H19I3N2O6.C9H9ClO2/c1-10(27)25-18-15(22)14(16(23)19(17(18)24)26(4)11(2)28)20(30)32-21(31-12(3)29)13-8-6-5-7-9-13;10-7-12-9(11)6-8-4-2-1-3-5-8/h5-9,21H,1-4H3,(H,25,27);1-5H,6-7H2. The minimum atomic E-state index is -1.26. The van der Waals surface area contributed by atoms with Gasteiger partial charge in [-0.05, 0) is 73.3 Å². The van der Waals surface area contributed by atoms with Crippen LogP contribution >= 0.6 is 79.4 Å². The van der Waals surface area contributed by atoms with Crippen molar-refractivity contribution in [1.29, 1.82) is 0 Å². The van der Waals surface area contributed by atoms with Crippen molar-refractivity contribution in [3.8, 4) is 0 Å². The molecule has 0 heterocycles. The van der Waals surface area contributed by atoms with Gasteiger partial charge in [-0.1, -0.05) is 72.3 Å². The van der Waals surface area contributed by atoms with Crippen molar-refractivity contribution in [3.63, 3.8) is 0 Å². The van der Waals surface area contributed by atoms with Gasteiger partial charge in [0.05, 0.1) is 34.1 Å². The quantitative estimate of drug-likeness (QED) is 0.107. The van der Waals surface area contributed by atoms with Crippen molar-refractivity contribution in [2.24, 2.45) is 0 Å². The maximum Gasteiger partial charge on any atom is 0.343 e. The number of rotatable bonds is 9. The first-order valence-corrected chi connectivity index (χ1v) is 16.5. The fourth-order valence-electron chi connectivity index (χ4n) is 3.52. The van der Waals surface area contributed by atoms with E-state index >= 15 is 0 Å². The smallest absolute Gasteiger partial charge is 0.343 e. The zero-order valence-corrected chi connectivity index (χ0v) is 31.2. The summed E-state index contributed by atoms with van der Waals surface area (Å²) >= 11 is 11.2. The number of halogens is 4. The first-order valence-electron chi connectivity index (χ1n) is 12.7. The number of hydrogen-bond donors (Lipinski definition) is 1. The van der Waals surface area contributed by atoms with Gasteiger partial charge in [0.15, 0.2) is 6.07 Å². The summed E-state index contributed by atoms with van der Waals surface area (Å²) in [5, 5.41) is 2.73. The summed E-state index contributed by atoms with van der Waals surface area (Å²) in [5.41, 5.74) is 2.41. The van der Waals surface area contributed by atoms with E-state index in [1.54, 1.807) is 37.4 Å². The second kappa shape index (κ2) is 18.5. The van der Waals surface area contributed by atoms with Crippen molar-refractivity contribution in [2.45, 2.75) is 33.5 Å². The van der Waals surface area contributed by atoms with E-state index in [0.717, 1.165) is 5.56 Å². The van der Waals surface area contributed by atoms with Crippen molar-refractivity contribution in [3.05, 3.63) is 88.1 Å². The van der Waals surface area contributed by atoms with Crippen LogP contribution in [0, 0.1) is 10.7 Å². The maximum atomic E-state index is 13.3. The number of carbonyl (C=O) groups excluding carboxylic acids is 5. The van der Waals surface area contributed by atoms with Crippen LogP contribution in [-0.4, -0.2) is 42.8 Å². The lowest BCUT2D eigenvalue weighted by molar-refractivity contribution is -0.167. The molecule has 0 radical (unpaired) electrons. The Kier molecular flexibility index (Phi) is 15.8. The van der Waals surface area contributed by atoms with Crippen LogP contribution in [0.5, 0.6) is 0 Å². The normalized spacial score (nSPS) is 10.8.